The van der Waals surface area contributed by atoms with E-state index in [2.05, 4.69) is 39.5 Å². The number of amidine groups is 1. The van der Waals surface area contributed by atoms with Gasteiger partial charge in [-0.1, -0.05) is 42.5 Å². The van der Waals surface area contributed by atoms with Crippen LogP contribution in [0.4, 0.5) is 5.82 Å². The Labute approximate surface area is 192 Å². The van der Waals surface area contributed by atoms with E-state index in [0.717, 1.165) is 32.5 Å². The molecule has 1 fully saturated rings. The predicted molar refractivity (Wildman–Crippen MR) is 130 cm³/mol. The van der Waals surface area contributed by atoms with Crippen LogP contribution < -0.4 is 5.32 Å². The summed E-state index contributed by atoms with van der Waals surface area (Å²) in [5.74, 6) is 0.782. The van der Waals surface area contributed by atoms with E-state index in [1.165, 1.54) is 16.9 Å². The van der Waals surface area contributed by atoms with Crippen molar-refractivity contribution < 1.29 is 4.79 Å². The molecule has 2 aromatic heterocycles. The van der Waals surface area contributed by atoms with Gasteiger partial charge in [0.15, 0.2) is 0 Å². The van der Waals surface area contributed by atoms with Gasteiger partial charge in [-0.2, -0.15) is 0 Å². The molecule has 0 atom stereocenters. The third-order valence-corrected chi connectivity index (χ3v) is 6.38. The van der Waals surface area contributed by atoms with E-state index in [1.807, 2.05) is 41.8 Å². The van der Waals surface area contributed by atoms with E-state index in [9.17, 15) is 4.79 Å². The number of hydrogen-bond acceptors (Lipinski definition) is 6. The largest absolute Gasteiger partial charge is 0.347 e. The van der Waals surface area contributed by atoms with Crippen molar-refractivity contribution in [1.29, 1.82) is 5.41 Å². The second-order valence-electron chi connectivity index (χ2n) is 7.72. The third kappa shape index (κ3) is 5.69. The van der Waals surface area contributed by atoms with Crippen molar-refractivity contribution in [2.24, 2.45) is 0 Å². The lowest BCUT2D eigenvalue weighted by Crippen LogP contribution is -2.49. The molecule has 6 nitrogen and oxygen atoms in total. The number of nitrogens with zero attached hydrogens (tertiary/aromatic N) is 3. The van der Waals surface area contributed by atoms with Crippen LogP contribution in [0.25, 0.3) is 0 Å². The van der Waals surface area contributed by atoms with Crippen LogP contribution in [-0.2, 0) is 6.54 Å². The summed E-state index contributed by atoms with van der Waals surface area (Å²) in [7, 11) is 0. The van der Waals surface area contributed by atoms with Crippen LogP contribution in [0.5, 0.6) is 0 Å². The van der Waals surface area contributed by atoms with Crippen molar-refractivity contribution in [1.82, 2.24) is 14.8 Å². The van der Waals surface area contributed by atoms with Gasteiger partial charge in [0.25, 0.3) is 5.91 Å². The number of likely N-dealkylation sites (tertiary alicyclic amines) is 1. The van der Waals surface area contributed by atoms with Crippen molar-refractivity contribution >= 4 is 28.9 Å². The number of thiophene rings is 1. The second-order valence-corrected chi connectivity index (χ2v) is 8.67. The summed E-state index contributed by atoms with van der Waals surface area (Å²) in [6.07, 6.45) is 6.69. The van der Waals surface area contributed by atoms with Crippen molar-refractivity contribution in [3.05, 3.63) is 95.0 Å². The smallest absolute Gasteiger partial charge is 0.269 e. The average molecular weight is 446 g/mol. The summed E-state index contributed by atoms with van der Waals surface area (Å²) in [5, 5.41) is 13.6. The maximum atomic E-state index is 13.3. The molecule has 1 aliphatic heterocycles. The first-order valence-corrected chi connectivity index (χ1v) is 11.6. The van der Waals surface area contributed by atoms with Gasteiger partial charge >= 0.3 is 0 Å². The molecule has 0 unspecified atom stereocenters. The molecule has 0 spiro atoms. The lowest BCUT2D eigenvalue weighted by Gasteiger charge is -2.38. The topological polar surface area (TPSA) is 72.3 Å². The Bertz CT molecular complexity index is 1030. The summed E-state index contributed by atoms with van der Waals surface area (Å²) in [6, 6.07) is 19.8. The number of anilines is 1. The summed E-state index contributed by atoms with van der Waals surface area (Å²) in [6.45, 7) is 2.71. The van der Waals surface area contributed by atoms with E-state index < -0.39 is 0 Å². The number of benzene rings is 1. The highest BCUT2D eigenvalue weighted by Crippen LogP contribution is 2.23. The van der Waals surface area contributed by atoms with Gasteiger partial charge in [0.05, 0.1) is 4.88 Å². The van der Waals surface area contributed by atoms with Crippen LogP contribution in [0, 0.1) is 5.41 Å². The van der Waals surface area contributed by atoms with Gasteiger partial charge < -0.3 is 5.32 Å². The Balaban J connectivity index is 1.42. The quantitative estimate of drug-likeness (QED) is 0.403. The second kappa shape index (κ2) is 10.8. The molecule has 7 heteroatoms. The molecule has 1 amide bonds. The molecule has 32 heavy (non-hydrogen) atoms. The Morgan fingerprint density at radius 3 is 2.59 bits per heavy atom. The number of hydrogen-bond donors (Lipinski definition) is 2. The van der Waals surface area contributed by atoms with E-state index in [4.69, 9.17) is 5.41 Å². The number of pyridine rings is 1. The summed E-state index contributed by atoms with van der Waals surface area (Å²) >= 11 is 1.42. The molecular weight excluding hydrogens is 418 g/mol. The molecule has 0 bridgehead atoms. The molecule has 1 saturated heterocycles. The highest BCUT2D eigenvalue weighted by atomic mass is 32.1. The van der Waals surface area contributed by atoms with Gasteiger partial charge in [0.1, 0.15) is 11.7 Å². The molecule has 0 aliphatic carbocycles. The van der Waals surface area contributed by atoms with Gasteiger partial charge in [-0.05, 0) is 48.1 Å². The minimum atomic E-state index is -0.103. The Morgan fingerprint density at radius 1 is 1.12 bits per heavy atom. The SMILES string of the molecule is N=C(/C=C\Nc1ccccn1)N(C(=O)c1cccs1)C1CCN(Cc2ccccc2)CC1. The van der Waals surface area contributed by atoms with Gasteiger partial charge in [-0.3, -0.25) is 20.0 Å². The van der Waals surface area contributed by atoms with E-state index in [-0.39, 0.29) is 17.8 Å². The number of carbonyl (C=O) groups is 1. The zero-order valence-electron chi connectivity index (χ0n) is 17.9. The van der Waals surface area contributed by atoms with Crippen LogP contribution in [0.15, 0.2) is 84.5 Å². The monoisotopic (exact) mass is 445 g/mol. The molecular formula is C25H27N5OS. The highest BCUT2D eigenvalue weighted by Gasteiger charge is 2.31. The van der Waals surface area contributed by atoms with Crippen molar-refractivity contribution in [3.63, 3.8) is 0 Å². The summed E-state index contributed by atoms with van der Waals surface area (Å²) in [5.41, 5.74) is 1.30. The molecule has 0 radical (unpaired) electrons. The van der Waals surface area contributed by atoms with Gasteiger partial charge in [-0.15, -0.1) is 11.3 Å². The lowest BCUT2D eigenvalue weighted by atomic mass is 10.0. The van der Waals surface area contributed by atoms with Crippen LogP contribution in [0.2, 0.25) is 0 Å². The zero-order chi connectivity index (χ0) is 22.2. The predicted octanol–water partition coefficient (Wildman–Crippen LogP) is 4.85. The molecule has 4 rings (SSSR count). The number of carbonyl (C=O) groups excluding carboxylic acids is 1. The fourth-order valence-electron chi connectivity index (χ4n) is 3.90. The normalized spacial score (nSPS) is 15.0. The standard InChI is InChI=1S/C25H27N5OS/c26-23(11-15-28-24-10-4-5-14-27-24)30(25(31)22-9-6-18-32-22)21-12-16-29(17-13-21)19-20-7-2-1-3-8-20/h1-11,14-15,18,21,26H,12-13,16-17,19H2,(H,27,28)/b15-11-,26-23?. The fraction of sp³-hybridized carbons (Fsp3) is 0.240. The summed E-state index contributed by atoms with van der Waals surface area (Å²) in [4.78, 5) is 22.2. The van der Waals surface area contributed by atoms with Gasteiger partial charge in [0.2, 0.25) is 0 Å². The first-order chi connectivity index (χ1) is 15.7. The average Bonchev–Trinajstić information content (AvgIpc) is 3.37. The lowest BCUT2D eigenvalue weighted by molar-refractivity contribution is 0.0734. The van der Waals surface area contributed by atoms with Crippen molar-refractivity contribution in [3.8, 4) is 0 Å². The van der Waals surface area contributed by atoms with E-state index >= 15 is 0 Å². The van der Waals surface area contributed by atoms with Gasteiger partial charge in [-0.25, -0.2) is 4.98 Å². The first-order valence-electron chi connectivity index (χ1n) is 10.8. The summed E-state index contributed by atoms with van der Waals surface area (Å²) < 4.78 is 0. The molecule has 164 valence electrons. The van der Waals surface area contributed by atoms with E-state index in [0.29, 0.717) is 10.7 Å². The van der Waals surface area contributed by atoms with Crippen LogP contribution in [0.1, 0.15) is 28.1 Å². The third-order valence-electron chi connectivity index (χ3n) is 5.52. The van der Waals surface area contributed by atoms with Gasteiger partial charge in [0, 0.05) is 38.1 Å². The maximum Gasteiger partial charge on any atom is 0.269 e. The minimum Gasteiger partial charge on any atom is -0.347 e. The Hall–Kier alpha value is -3.29. The van der Waals surface area contributed by atoms with Crippen LogP contribution in [-0.4, -0.2) is 45.7 Å². The zero-order valence-corrected chi connectivity index (χ0v) is 18.7. The number of aromatic nitrogens is 1. The number of amides is 1. The molecule has 2 N–H and O–H groups in total. The number of rotatable bonds is 7. The highest BCUT2D eigenvalue weighted by molar-refractivity contribution is 7.12. The van der Waals surface area contributed by atoms with Crippen LogP contribution in [0.3, 0.4) is 0 Å². The molecule has 1 aliphatic rings. The minimum absolute atomic E-state index is 0.00336. The molecule has 3 aromatic rings. The number of piperidine rings is 1. The van der Waals surface area contributed by atoms with Crippen LogP contribution >= 0.6 is 11.3 Å². The number of nitrogens with one attached hydrogen (secondary N) is 2. The fourth-order valence-corrected chi connectivity index (χ4v) is 4.56. The van der Waals surface area contributed by atoms with Crippen molar-refractivity contribution in [2.45, 2.75) is 25.4 Å². The Kier molecular flexibility index (Phi) is 7.42. The van der Waals surface area contributed by atoms with Crippen molar-refractivity contribution in [2.75, 3.05) is 18.4 Å². The first kappa shape index (κ1) is 21.9. The molecule has 1 aromatic carbocycles. The Morgan fingerprint density at radius 2 is 1.91 bits per heavy atom. The molecule has 0 saturated carbocycles. The maximum absolute atomic E-state index is 13.3. The molecule has 3 heterocycles. The van der Waals surface area contributed by atoms with E-state index in [1.54, 1.807) is 23.4 Å².